The first-order valence-electron chi connectivity index (χ1n) is 6.12. The Morgan fingerprint density at radius 3 is 2.71 bits per heavy atom. The average molecular weight is 283 g/mol. The van der Waals surface area contributed by atoms with E-state index in [9.17, 15) is 9.59 Å². The molecular formula is C15H13N3O3. The van der Waals surface area contributed by atoms with Gasteiger partial charge in [0, 0.05) is 5.39 Å². The number of anilines is 1. The molecule has 1 amide bonds. The summed E-state index contributed by atoms with van der Waals surface area (Å²) in [4.78, 5) is 28.2. The minimum atomic E-state index is -1.07. The second-order valence-electron chi connectivity index (χ2n) is 4.37. The van der Waals surface area contributed by atoms with E-state index in [1.54, 1.807) is 24.3 Å². The van der Waals surface area contributed by atoms with Crippen molar-refractivity contribution in [3.63, 3.8) is 0 Å². The summed E-state index contributed by atoms with van der Waals surface area (Å²) in [5.41, 5.74) is 6.14. The fraction of sp³-hybridized carbons (Fsp3) is 0.133. The average Bonchev–Trinajstić information content (AvgIpc) is 2.45. The van der Waals surface area contributed by atoms with E-state index in [1.165, 1.54) is 4.90 Å². The van der Waals surface area contributed by atoms with Crippen LogP contribution in [0.3, 0.4) is 0 Å². The highest BCUT2D eigenvalue weighted by Crippen LogP contribution is 2.23. The van der Waals surface area contributed by atoms with Gasteiger partial charge < -0.3 is 15.7 Å². The highest BCUT2D eigenvalue weighted by Gasteiger charge is 2.19. The summed E-state index contributed by atoms with van der Waals surface area (Å²) in [7, 11) is 0. The second kappa shape index (κ2) is 5.92. The fourth-order valence-corrected chi connectivity index (χ4v) is 2.01. The summed E-state index contributed by atoms with van der Waals surface area (Å²) >= 11 is 0. The number of para-hydroxylation sites is 1. The molecule has 0 aliphatic heterocycles. The molecule has 0 aliphatic carbocycles. The van der Waals surface area contributed by atoms with E-state index in [0.717, 1.165) is 5.39 Å². The minimum absolute atomic E-state index is 0.0118. The quantitative estimate of drug-likeness (QED) is 0.793. The smallest absolute Gasteiger partial charge is 0.323 e. The third-order valence-corrected chi connectivity index (χ3v) is 2.88. The maximum absolute atomic E-state index is 11.6. The van der Waals surface area contributed by atoms with Crippen LogP contribution in [-0.4, -0.2) is 35.1 Å². The predicted octanol–water partition coefficient (Wildman–Crippen LogP) is 0.858. The molecule has 0 bridgehead atoms. The third-order valence-electron chi connectivity index (χ3n) is 2.88. The summed E-state index contributed by atoms with van der Waals surface area (Å²) in [6.07, 6.45) is 5.25. The number of hydrogen-bond acceptors (Lipinski definition) is 4. The summed E-state index contributed by atoms with van der Waals surface area (Å²) in [6.45, 7) is -0.353. The molecule has 0 fully saturated rings. The zero-order chi connectivity index (χ0) is 15.4. The Bertz CT molecular complexity index is 749. The molecule has 6 nitrogen and oxygen atoms in total. The van der Waals surface area contributed by atoms with Crippen LogP contribution in [0.1, 0.15) is 10.4 Å². The molecule has 106 valence electrons. The van der Waals surface area contributed by atoms with Gasteiger partial charge in [-0.2, -0.15) is 0 Å². The summed E-state index contributed by atoms with van der Waals surface area (Å²) in [6, 6.07) is 8.75. The van der Waals surface area contributed by atoms with Crippen molar-refractivity contribution in [2.45, 2.75) is 0 Å². The fourth-order valence-electron chi connectivity index (χ4n) is 2.01. The molecule has 1 aromatic carbocycles. The van der Waals surface area contributed by atoms with Crippen LogP contribution in [0.5, 0.6) is 0 Å². The molecule has 3 N–H and O–H groups in total. The molecule has 0 radical (unpaired) electrons. The Balaban J connectivity index is 2.63. The first-order valence-corrected chi connectivity index (χ1v) is 6.12. The lowest BCUT2D eigenvalue weighted by molar-refractivity contribution is -0.135. The number of aliphatic carboxylic acids is 1. The van der Waals surface area contributed by atoms with Gasteiger partial charge in [-0.05, 0) is 12.1 Å². The van der Waals surface area contributed by atoms with Crippen LogP contribution in [0.4, 0.5) is 5.82 Å². The topological polar surface area (TPSA) is 96.5 Å². The number of nitrogens with two attached hydrogens (primary N) is 1. The van der Waals surface area contributed by atoms with E-state index >= 15 is 0 Å². The Kier molecular flexibility index (Phi) is 4.05. The van der Waals surface area contributed by atoms with Crippen molar-refractivity contribution in [1.82, 2.24) is 4.98 Å². The molecule has 1 heterocycles. The van der Waals surface area contributed by atoms with Crippen LogP contribution in [-0.2, 0) is 4.79 Å². The summed E-state index contributed by atoms with van der Waals surface area (Å²) in [5, 5.41) is 9.70. The molecule has 0 atom stereocenters. The summed E-state index contributed by atoms with van der Waals surface area (Å²) in [5.74, 6) is 0.780. The number of carboxylic acids is 1. The normalized spacial score (nSPS) is 10.0. The lowest BCUT2D eigenvalue weighted by Gasteiger charge is -2.21. The van der Waals surface area contributed by atoms with Crippen molar-refractivity contribution in [3.8, 4) is 12.3 Å². The largest absolute Gasteiger partial charge is 0.480 e. The predicted molar refractivity (Wildman–Crippen MR) is 78.9 cm³/mol. The van der Waals surface area contributed by atoms with Crippen molar-refractivity contribution in [3.05, 3.63) is 35.9 Å². The van der Waals surface area contributed by atoms with E-state index in [1.807, 2.05) is 6.07 Å². The van der Waals surface area contributed by atoms with Crippen LogP contribution < -0.4 is 10.6 Å². The van der Waals surface area contributed by atoms with Crippen LogP contribution in [0.2, 0.25) is 0 Å². The standard InChI is InChI=1S/C15H13N3O3/c1-2-7-18(9-13(19)20)15-11(14(16)21)8-10-5-3-4-6-12(10)17-15/h1,3-6,8H,7,9H2,(H2,16,21)(H,19,20). The van der Waals surface area contributed by atoms with Crippen LogP contribution in [0.15, 0.2) is 30.3 Å². The first kappa shape index (κ1) is 14.3. The number of amides is 1. The van der Waals surface area contributed by atoms with Gasteiger partial charge in [-0.1, -0.05) is 24.1 Å². The number of benzene rings is 1. The third kappa shape index (κ3) is 3.09. The molecule has 1 aromatic heterocycles. The molecule has 0 saturated heterocycles. The van der Waals surface area contributed by atoms with Gasteiger partial charge in [0.1, 0.15) is 12.4 Å². The number of terminal acetylenes is 1. The Labute approximate surface area is 121 Å². The molecule has 0 spiro atoms. The molecular weight excluding hydrogens is 270 g/mol. The number of carbonyl (C=O) groups is 2. The highest BCUT2D eigenvalue weighted by molar-refractivity contribution is 6.01. The van der Waals surface area contributed by atoms with Gasteiger partial charge in [0.2, 0.25) is 0 Å². The molecule has 6 heteroatoms. The van der Waals surface area contributed by atoms with E-state index < -0.39 is 11.9 Å². The number of pyridine rings is 1. The van der Waals surface area contributed by atoms with Crippen molar-refractivity contribution in [2.24, 2.45) is 5.73 Å². The van der Waals surface area contributed by atoms with Crippen molar-refractivity contribution < 1.29 is 14.7 Å². The number of nitrogens with zero attached hydrogens (tertiary/aromatic N) is 2. The number of carbonyl (C=O) groups excluding carboxylic acids is 1. The van der Waals surface area contributed by atoms with Gasteiger partial charge >= 0.3 is 5.97 Å². The van der Waals surface area contributed by atoms with Gasteiger partial charge in [0.25, 0.3) is 5.91 Å². The van der Waals surface area contributed by atoms with Crippen molar-refractivity contribution in [1.29, 1.82) is 0 Å². The number of fused-ring (bicyclic) bond motifs is 1. The maximum Gasteiger partial charge on any atom is 0.323 e. The molecule has 0 unspecified atom stereocenters. The zero-order valence-corrected chi connectivity index (χ0v) is 11.1. The summed E-state index contributed by atoms with van der Waals surface area (Å²) < 4.78 is 0. The lowest BCUT2D eigenvalue weighted by Crippen LogP contribution is -2.33. The van der Waals surface area contributed by atoms with Crippen molar-refractivity contribution in [2.75, 3.05) is 18.0 Å². The Morgan fingerprint density at radius 2 is 2.10 bits per heavy atom. The Hall–Kier alpha value is -3.07. The van der Waals surface area contributed by atoms with Crippen LogP contribution >= 0.6 is 0 Å². The first-order chi connectivity index (χ1) is 10.0. The monoisotopic (exact) mass is 283 g/mol. The van der Waals surface area contributed by atoms with Gasteiger partial charge in [-0.3, -0.25) is 9.59 Å². The van der Waals surface area contributed by atoms with Gasteiger partial charge in [0.15, 0.2) is 0 Å². The van der Waals surface area contributed by atoms with Gasteiger partial charge in [0.05, 0.1) is 17.6 Å². The second-order valence-corrected chi connectivity index (χ2v) is 4.37. The minimum Gasteiger partial charge on any atom is -0.480 e. The molecule has 21 heavy (non-hydrogen) atoms. The lowest BCUT2D eigenvalue weighted by atomic mass is 10.1. The molecule has 2 aromatic rings. The van der Waals surface area contributed by atoms with Gasteiger partial charge in [-0.25, -0.2) is 4.98 Å². The van der Waals surface area contributed by atoms with Crippen LogP contribution in [0.25, 0.3) is 10.9 Å². The van der Waals surface area contributed by atoms with E-state index in [-0.39, 0.29) is 24.5 Å². The molecule has 0 aliphatic rings. The number of hydrogen-bond donors (Lipinski definition) is 2. The molecule has 2 rings (SSSR count). The Morgan fingerprint density at radius 1 is 1.38 bits per heavy atom. The number of rotatable bonds is 5. The highest BCUT2D eigenvalue weighted by atomic mass is 16.4. The zero-order valence-electron chi connectivity index (χ0n) is 11.1. The van der Waals surface area contributed by atoms with E-state index in [2.05, 4.69) is 10.9 Å². The van der Waals surface area contributed by atoms with E-state index in [0.29, 0.717) is 5.52 Å². The number of aromatic nitrogens is 1. The van der Waals surface area contributed by atoms with Crippen LogP contribution in [0, 0.1) is 12.3 Å². The SMILES string of the molecule is C#CCN(CC(=O)O)c1nc2ccccc2cc1C(N)=O. The van der Waals surface area contributed by atoms with Gasteiger partial charge in [-0.15, -0.1) is 6.42 Å². The van der Waals surface area contributed by atoms with Crippen molar-refractivity contribution >= 4 is 28.6 Å². The number of carboxylic acid groups (broad SMARTS) is 1. The number of primary amides is 1. The maximum atomic E-state index is 11.6. The van der Waals surface area contributed by atoms with E-state index in [4.69, 9.17) is 17.3 Å². The molecule has 0 saturated carbocycles.